The maximum Gasteiger partial charge on any atom is 0.411 e. The molecule has 0 fully saturated rings. The van der Waals surface area contributed by atoms with Gasteiger partial charge in [-0.25, -0.2) is 14.8 Å². The summed E-state index contributed by atoms with van der Waals surface area (Å²) in [6.07, 6.45) is 1.74. The Kier molecular flexibility index (Phi) is 8.65. The second kappa shape index (κ2) is 11.9. The number of carbonyl (C=O) groups excluding carboxylic acids is 1. The van der Waals surface area contributed by atoms with E-state index in [1.54, 1.807) is 50.6 Å². The van der Waals surface area contributed by atoms with Crippen molar-refractivity contribution in [1.29, 1.82) is 0 Å². The second-order valence-corrected chi connectivity index (χ2v) is 7.17. The van der Waals surface area contributed by atoms with Crippen molar-refractivity contribution >= 4 is 22.7 Å². The van der Waals surface area contributed by atoms with Gasteiger partial charge in [0.1, 0.15) is 12.1 Å². The van der Waals surface area contributed by atoms with Crippen molar-refractivity contribution in [1.82, 2.24) is 14.9 Å². The number of benzene rings is 2. The molecule has 0 spiro atoms. The first-order valence-electron chi connectivity index (χ1n) is 10.9. The zero-order valence-corrected chi connectivity index (χ0v) is 19.5. The van der Waals surface area contributed by atoms with Gasteiger partial charge in [-0.2, -0.15) is 0 Å². The predicted molar refractivity (Wildman–Crippen MR) is 127 cm³/mol. The summed E-state index contributed by atoms with van der Waals surface area (Å²) in [5.41, 5.74) is 1.27. The molecule has 1 amide bonds. The number of hydrogen-bond acceptors (Lipinski definition) is 8. The lowest BCUT2D eigenvalue weighted by molar-refractivity contribution is 0.153. The predicted octanol–water partition coefficient (Wildman–Crippen LogP) is 4.72. The number of rotatable bonds is 11. The molecule has 0 unspecified atom stereocenters. The van der Waals surface area contributed by atoms with Gasteiger partial charge in [0.15, 0.2) is 11.5 Å². The minimum Gasteiger partial charge on any atom is -0.493 e. The lowest BCUT2D eigenvalue weighted by Gasteiger charge is -2.17. The monoisotopic (exact) mass is 454 g/mol. The molecule has 1 heterocycles. The maximum atomic E-state index is 12.0. The van der Waals surface area contributed by atoms with Crippen LogP contribution in [-0.2, 0) is 4.74 Å². The molecule has 176 valence electrons. The molecule has 0 aliphatic rings. The zero-order chi connectivity index (χ0) is 23.6. The lowest BCUT2D eigenvalue weighted by atomic mass is 10.2. The van der Waals surface area contributed by atoms with Crippen LogP contribution < -0.4 is 19.5 Å². The van der Waals surface area contributed by atoms with Gasteiger partial charge < -0.3 is 23.8 Å². The summed E-state index contributed by atoms with van der Waals surface area (Å²) in [6, 6.07) is 10.5. The van der Waals surface area contributed by atoms with Gasteiger partial charge in [0, 0.05) is 18.3 Å². The zero-order valence-electron chi connectivity index (χ0n) is 19.5. The van der Waals surface area contributed by atoms with Gasteiger partial charge in [-0.15, -0.1) is 0 Å². The van der Waals surface area contributed by atoms with Crippen LogP contribution in [0, 0.1) is 0 Å². The Bertz CT molecular complexity index is 1050. The van der Waals surface area contributed by atoms with Crippen molar-refractivity contribution in [2.24, 2.45) is 0 Å². The topological polar surface area (TPSA) is 95.0 Å². The Hall–Kier alpha value is -3.59. The molecule has 0 atom stereocenters. The van der Waals surface area contributed by atoms with E-state index in [-0.39, 0.29) is 0 Å². The molecule has 3 aromatic rings. The Morgan fingerprint density at radius 3 is 2.36 bits per heavy atom. The highest BCUT2D eigenvalue weighted by atomic mass is 16.5. The number of nitrogens with zero attached hydrogens (tertiary/aromatic N) is 3. The average Bonchev–Trinajstić information content (AvgIpc) is 2.84. The number of amides is 1. The standard InChI is InChI=1S/C24H30N4O5/c1-5-28(6-2)12-7-13-32-24(29)27-17-8-10-18(11-9-17)33-23-19-14-21(30-3)22(31-4)15-20(19)25-16-26-23/h8-11,14-16H,5-7,12-13H2,1-4H3,(H,27,29). The number of carbonyl (C=O) groups is 1. The highest BCUT2D eigenvalue weighted by Gasteiger charge is 2.13. The fraction of sp³-hybridized carbons (Fsp3) is 0.375. The first-order valence-corrected chi connectivity index (χ1v) is 10.9. The fourth-order valence-corrected chi connectivity index (χ4v) is 3.31. The summed E-state index contributed by atoms with van der Waals surface area (Å²) in [5, 5.41) is 3.41. The van der Waals surface area contributed by atoms with Crippen molar-refractivity contribution in [2.45, 2.75) is 20.3 Å². The van der Waals surface area contributed by atoms with Gasteiger partial charge in [-0.05, 0) is 49.8 Å². The van der Waals surface area contributed by atoms with Crippen molar-refractivity contribution < 1.29 is 23.7 Å². The fourth-order valence-electron chi connectivity index (χ4n) is 3.31. The van der Waals surface area contributed by atoms with Crippen LogP contribution in [-0.4, -0.2) is 61.4 Å². The first-order chi connectivity index (χ1) is 16.1. The summed E-state index contributed by atoms with van der Waals surface area (Å²) >= 11 is 0. The van der Waals surface area contributed by atoms with E-state index in [9.17, 15) is 4.79 Å². The molecule has 1 N–H and O–H groups in total. The molecule has 9 nitrogen and oxygen atoms in total. The first kappa shape index (κ1) is 24.1. The summed E-state index contributed by atoms with van der Waals surface area (Å²) < 4.78 is 21.9. The van der Waals surface area contributed by atoms with E-state index in [0.29, 0.717) is 46.3 Å². The van der Waals surface area contributed by atoms with Crippen molar-refractivity contribution in [3.05, 3.63) is 42.7 Å². The van der Waals surface area contributed by atoms with Crippen LogP contribution in [0.25, 0.3) is 10.9 Å². The number of anilines is 1. The van der Waals surface area contributed by atoms with E-state index < -0.39 is 6.09 Å². The molecule has 0 bridgehead atoms. The minimum absolute atomic E-state index is 0.374. The van der Waals surface area contributed by atoms with Crippen LogP contribution in [0.3, 0.4) is 0 Å². The summed E-state index contributed by atoms with van der Waals surface area (Å²) in [4.78, 5) is 22.8. The molecule has 1 aromatic heterocycles. The van der Waals surface area contributed by atoms with Crippen molar-refractivity contribution in [3.8, 4) is 23.1 Å². The van der Waals surface area contributed by atoms with Gasteiger partial charge in [0.05, 0.1) is 31.7 Å². The number of methoxy groups -OCH3 is 2. The van der Waals surface area contributed by atoms with Crippen molar-refractivity contribution in [3.63, 3.8) is 0 Å². The minimum atomic E-state index is -0.481. The van der Waals surface area contributed by atoms with Gasteiger partial charge in [0.2, 0.25) is 5.88 Å². The number of fused-ring (bicyclic) bond motifs is 1. The quantitative estimate of drug-likeness (QED) is 0.416. The maximum absolute atomic E-state index is 12.0. The third kappa shape index (κ3) is 6.45. The van der Waals surface area contributed by atoms with Crippen LogP contribution in [0.2, 0.25) is 0 Å². The summed E-state index contributed by atoms with van der Waals surface area (Å²) in [7, 11) is 3.13. The number of hydrogen-bond donors (Lipinski definition) is 1. The molecule has 3 rings (SSSR count). The van der Waals surface area contributed by atoms with Crippen LogP contribution in [0.1, 0.15) is 20.3 Å². The SMILES string of the molecule is CCN(CC)CCCOC(=O)Nc1ccc(Oc2ncnc3cc(OC)c(OC)cc23)cc1. The summed E-state index contributed by atoms with van der Waals surface area (Å²) in [6.45, 7) is 7.49. The molecule has 33 heavy (non-hydrogen) atoms. The van der Waals surface area contributed by atoms with Gasteiger partial charge in [-0.3, -0.25) is 5.32 Å². The third-order valence-electron chi connectivity index (χ3n) is 5.17. The van der Waals surface area contributed by atoms with E-state index in [2.05, 4.69) is 34.0 Å². The normalized spacial score (nSPS) is 10.8. The van der Waals surface area contributed by atoms with Crippen LogP contribution in [0.5, 0.6) is 23.1 Å². The molecule has 0 aliphatic carbocycles. The number of ether oxygens (including phenoxy) is 4. The third-order valence-corrected chi connectivity index (χ3v) is 5.17. The van der Waals surface area contributed by atoms with E-state index in [1.165, 1.54) is 6.33 Å². The second-order valence-electron chi connectivity index (χ2n) is 7.17. The number of aromatic nitrogens is 2. The Balaban J connectivity index is 1.59. The number of nitrogens with one attached hydrogen (secondary N) is 1. The molecule has 0 saturated carbocycles. The van der Waals surface area contributed by atoms with E-state index in [1.807, 2.05) is 0 Å². The molecule has 0 saturated heterocycles. The van der Waals surface area contributed by atoms with Gasteiger partial charge in [-0.1, -0.05) is 13.8 Å². The molecule has 9 heteroatoms. The summed E-state index contributed by atoms with van der Waals surface area (Å²) in [5.74, 6) is 2.07. The Morgan fingerprint density at radius 2 is 1.70 bits per heavy atom. The van der Waals surface area contributed by atoms with Crippen LogP contribution in [0.4, 0.5) is 10.5 Å². The smallest absolute Gasteiger partial charge is 0.411 e. The van der Waals surface area contributed by atoms with Crippen LogP contribution >= 0.6 is 0 Å². The highest BCUT2D eigenvalue weighted by molar-refractivity contribution is 5.87. The molecule has 0 aliphatic heterocycles. The molecule has 0 radical (unpaired) electrons. The van der Waals surface area contributed by atoms with Crippen LogP contribution in [0.15, 0.2) is 42.7 Å². The molecule has 2 aromatic carbocycles. The highest BCUT2D eigenvalue weighted by Crippen LogP contribution is 2.35. The lowest BCUT2D eigenvalue weighted by Crippen LogP contribution is -2.25. The van der Waals surface area contributed by atoms with E-state index >= 15 is 0 Å². The average molecular weight is 455 g/mol. The molecular weight excluding hydrogens is 424 g/mol. The van der Waals surface area contributed by atoms with E-state index in [4.69, 9.17) is 18.9 Å². The van der Waals surface area contributed by atoms with Gasteiger partial charge in [0.25, 0.3) is 0 Å². The Morgan fingerprint density at radius 1 is 1.00 bits per heavy atom. The molecular formula is C24H30N4O5. The Labute approximate surface area is 193 Å². The largest absolute Gasteiger partial charge is 0.493 e. The van der Waals surface area contributed by atoms with E-state index in [0.717, 1.165) is 26.1 Å². The van der Waals surface area contributed by atoms with Crippen molar-refractivity contribution in [2.75, 3.05) is 45.8 Å². The van der Waals surface area contributed by atoms with Gasteiger partial charge >= 0.3 is 6.09 Å².